The van der Waals surface area contributed by atoms with E-state index in [1.165, 1.54) is 58.5 Å². The molecule has 98 valence electrons. The molecule has 0 N–H and O–H groups in total. The van der Waals surface area contributed by atoms with E-state index in [-0.39, 0.29) is 0 Å². The predicted molar refractivity (Wildman–Crippen MR) is 71.3 cm³/mol. The van der Waals surface area contributed by atoms with Gasteiger partial charge in [-0.05, 0) is 45.4 Å². The van der Waals surface area contributed by atoms with Crippen molar-refractivity contribution in [3.63, 3.8) is 0 Å². The maximum Gasteiger partial charge on any atom is 0.0242 e. The highest BCUT2D eigenvalue weighted by Crippen LogP contribution is 2.34. The Morgan fingerprint density at radius 2 is 1.65 bits per heavy atom. The van der Waals surface area contributed by atoms with Crippen LogP contribution >= 0.6 is 0 Å². The zero-order valence-electron chi connectivity index (χ0n) is 11.4. The zero-order chi connectivity index (χ0) is 11.8. The van der Waals surface area contributed by atoms with Crippen molar-refractivity contribution in [2.75, 3.05) is 39.3 Å². The minimum atomic E-state index is 0.884. The summed E-state index contributed by atoms with van der Waals surface area (Å²) in [7, 11) is 0. The van der Waals surface area contributed by atoms with Crippen molar-refractivity contribution in [3.8, 4) is 0 Å². The third-order valence-electron chi connectivity index (χ3n) is 5.28. The molecular formula is C14H27N3. The van der Waals surface area contributed by atoms with Crippen LogP contribution in [0.5, 0.6) is 0 Å². The van der Waals surface area contributed by atoms with Gasteiger partial charge in [0.25, 0.3) is 0 Å². The topological polar surface area (TPSA) is 9.72 Å². The Hall–Kier alpha value is -0.120. The maximum absolute atomic E-state index is 2.85. The summed E-state index contributed by atoms with van der Waals surface area (Å²) in [5.41, 5.74) is 0. The van der Waals surface area contributed by atoms with Crippen LogP contribution in [0, 0.1) is 0 Å². The van der Waals surface area contributed by atoms with E-state index >= 15 is 0 Å². The monoisotopic (exact) mass is 237 g/mol. The zero-order valence-corrected chi connectivity index (χ0v) is 11.4. The summed E-state index contributed by atoms with van der Waals surface area (Å²) in [4.78, 5) is 8.13. The van der Waals surface area contributed by atoms with Gasteiger partial charge in [0.15, 0.2) is 0 Å². The first-order valence-electron chi connectivity index (χ1n) is 7.54. The molecule has 17 heavy (non-hydrogen) atoms. The first-order valence-corrected chi connectivity index (χ1v) is 7.54. The lowest BCUT2D eigenvalue weighted by Gasteiger charge is -2.42. The van der Waals surface area contributed by atoms with Gasteiger partial charge in [-0.2, -0.15) is 0 Å². The smallest absolute Gasteiger partial charge is 0.0242 e. The lowest BCUT2D eigenvalue weighted by atomic mass is 10.0. The third kappa shape index (κ3) is 2.13. The van der Waals surface area contributed by atoms with Gasteiger partial charge in [-0.15, -0.1) is 0 Å². The summed E-state index contributed by atoms with van der Waals surface area (Å²) >= 11 is 0. The van der Waals surface area contributed by atoms with Crippen molar-refractivity contribution >= 4 is 0 Å². The fourth-order valence-electron chi connectivity index (χ4n) is 4.18. The summed E-state index contributed by atoms with van der Waals surface area (Å²) in [6.07, 6.45) is 4.26. The standard InChI is InChI=1S/C14H27N3/c1-3-15-7-5-12(6-8-15)17-11-13-9-14(17)10-16(13)4-2/h12-14H,3-11H2,1-2H3. The Morgan fingerprint density at radius 3 is 2.18 bits per heavy atom. The summed E-state index contributed by atoms with van der Waals surface area (Å²) in [6, 6.07) is 2.67. The van der Waals surface area contributed by atoms with E-state index < -0.39 is 0 Å². The van der Waals surface area contributed by atoms with Crippen molar-refractivity contribution < 1.29 is 0 Å². The van der Waals surface area contributed by atoms with Gasteiger partial charge >= 0.3 is 0 Å². The van der Waals surface area contributed by atoms with Gasteiger partial charge in [-0.25, -0.2) is 0 Å². The number of likely N-dealkylation sites (tertiary alicyclic amines) is 3. The van der Waals surface area contributed by atoms with Gasteiger partial charge in [0.1, 0.15) is 0 Å². The average molecular weight is 237 g/mol. The van der Waals surface area contributed by atoms with Gasteiger partial charge in [0, 0.05) is 31.2 Å². The van der Waals surface area contributed by atoms with Crippen LogP contribution in [0.4, 0.5) is 0 Å². The summed E-state index contributed by atoms with van der Waals surface area (Å²) < 4.78 is 0. The molecule has 3 heteroatoms. The number of piperazine rings is 1. The van der Waals surface area contributed by atoms with E-state index in [0.717, 1.165) is 18.1 Å². The molecule has 3 fully saturated rings. The average Bonchev–Trinajstić information content (AvgIpc) is 2.98. The third-order valence-corrected chi connectivity index (χ3v) is 5.28. The molecule has 3 aliphatic rings. The predicted octanol–water partition coefficient (Wildman–Crippen LogP) is 1.25. The molecule has 2 atom stereocenters. The number of nitrogens with zero attached hydrogens (tertiary/aromatic N) is 3. The van der Waals surface area contributed by atoms with Crippen LogP contribution in [0.15, 0.2) is 0 Å². The molecule has 3 saturated heterocycles. The summed E-state index contributed by atoms with van der Waals surface area (Å²) in [5.74, 6) is 0. The molecule has 2 unspecified atom stereocenters. The summed E-state index contributed by atoms with van der Waals surface area (Å²) in [5, 5.41) is 0. The van der Waals surface area contributed by atoms with Crippen LogP contribution in [0.3, 0.4) is 0 Å². The normalized spacial score (nSPS) is 37.1. The maximum atomic E-state index is 2.85. The first kappa shape index (κ1) is 11.9. The van der Waals surface area contributed by atoms with E-state index in [2.05, 4.69) is 28.5 Å². The largest absolute Gasteiger partial charge is 0.303 e. The second-order valence-electron chi connectivity index (χ2n) is 5.99. The highest BCUT2D eigenvalue weighted by Gasteiger charge is 2.45. The SMILES string of the molecule is CCN1CCC(N2CC3CC2CN3CC)CC1. The summed E-state index contributed by atoms with van der Waals surface area (Å²) in [6.45, 7) is 12.4. The van der Waals surface area contributed by atoms with Crippen LogP contribution in [0.25, 0.3) is 0 Å². The fourth-order valence-corrected chi connectivity index (χ4v) is 4.18. The molecule has 3 heterocycles. The molecule has 3 rings (SSSR count). The minimum absolute atomic E-state index is 0.884. The van der Waals surface area contributed by atoms with Crippen molar-refractivity contribution in [2.45, 2.75) is 51.2 Å². The van der Waals surface area contributed by atoms with Crippen molar-refractivity contribution in [2.24, 2.45) is 0 Å². The van der Waals surface area contributed by atoms with E-state index in [1.54, 1.807) is 0 Å². The number of fused-ring (bicyclic) bond motifs is 2. The van der Waals surface area contributed by atoms with E-state index in [1.807, 2.05) is 0 Å². The number of likely N-dealkylation sites (N-methyl/N-ethyl adjacent to an activating group) is 1. The second kappa shape index (κ2) is 4.87. The molecule has 2 bridgehead atoms. The molecule has 0 aromatic rings. The quantitative estimate of drug-likeness (QED) is 0.731. The lowest BCUT2D eigenvalue weighted by Crippen LogP contribution is -2.53. The highest BCUT2D eigenvalue weighted by atomic mass is 15.4. The fraction of sp³-hybridized carbons (Fsp3) is 1.00. The molecule has 0 radical (unpaired) electrons. The number of piperidine rings is 1. The van der Waals surface area contributed by atoms with E-state index in [4.69, 9.17) is 0 Å². The molecule has 0 aliphatic carbocycles. The van der Waals surface area contributed by atoms with Gasteiger partial charge in [0.2, 0.25) is 0 Å². The Labute approximate surface area is 106 Å². The molecule has 0 aromatic carbocycles. The van der Waals surface area contributed by atoms with Crippen LogP contribution in [0.1, 0.15) is 33.1 Å². The molecule has 3 aliphatic heterocycles. The van der Waals surface area contributed by atoms with Crippen molar-refractivity contribution in [1.29, 1.82) is 0 Å². The molecule has 0 amide bonds. The number of rotatable bonds is 3. The van der Waals surface area contributed by atoms with Crippen LogP contribution in [0.2, 0.25) is 0 Å². The number of hydrogen-bond acceptors (Lipinski definition) is 3. The minimum Gasteiger partial charge on any atom is -0.303 e. The Bertz CT molecular complexity index is 260. The van der Waals surface area contributed by atoms with E-state index in [9.17, 15) is 0 Å². The Kier molecular flexibility index (Phi) is 3.42. The van der Waals surface area contributed by atoms with Crippen molar-refractivity contribution in [3.05, 3.63) is 0 Å². The molecular weight excluding hydrogens is 210 g/mol. The molecule has 0 aromatic heterocycles. The molecule has 3 nitrogen and oxygen atoms in total. The van der Waals surface area contributed by atoms with Gasteiger partial charge in [-0.3, -0.25) is 9.80 Å². The lowest BCUT2D eigenvalue weighted by molar-refractivity contribution is 0.0583. The first-order chi connectivity index (χ1) is 8.31. The van der Waals surface area contributed by atoms with Gasteiger partial charge in [-0.1, -0.05) is 13.8 Å². The molecule has 0 spiro atoms. The van der Waals surface area contributed by atoms with Crippen molar-refractivity contribution in [1.82, 2.24) is 14.7 Å². The van der Waals surface area contributed by atoms with Gasteiger partial charge < -0.3 is 4.90 Å². The van der Waals surface area contributed by atoms with Crippen LogP contribution in [-0.4, -0.2) is 72.1 Å². The molecule has 0 saturated carbocycles. The highest BCUT2D eigenvalue weighted by molar-refractivity contribution is 5.02. The van der Waals surface area contributed by atoms with Gasteiger partial charge in [0.05, 0.1) is 0 Å². The number of hydrogen-bond donors (Lipinski definition) is 0. The Balaban J connectivity index is 1.55. The van der Waals surface area contributed by atoms with Crippen LogP contribution < -0.4 is 0 Å². The van der Waals surface area contributed by atoms with Crippen LogP contribution in [-0.2, 0) is 0 Å². The Morgan fingerprint density at radius 1 is 0.882 bits per heavy atom. The van der Waals surface area contributed by atoms with E-state index in [0.29, 0.717) is 0 Å². The second-order valence-corrected chi connectivity index (χ2v) is 5.99.